The quantitative estimate of drug-likeness (QED) is 0.160. The van der Waals surface area contributed by atoms with Gasteiger partial charge in [0.1, 0.15) is 24.4 Å². The number of allylic oxidation sites excluding steroid dienone is 2. The molecule has 0 aromatic heterocycles. The van der Waals surface area contributed by atoms with Crippen LogP contribution in [0.15, 0.2) is 72.3 Å². The first-order valence-corrected chi connectivity index (χ1v) is 31.9. The van der Waals surface area contributed by atoms with E-state index in [1.807, 2.05) is 57.2 Å². The van der Waals surface area contributed by atoms with Crippen molar-refractivity contribution < 1.29 is 52.2 Å². The molecule has 2 aromatic carbocycles. The molecule has 12 nitrogen and oxygen atoms in total. The fourth-order valence-corrected chi connectivity index (χ4v) is 19.3. The predicted octanol–water partition coefficient (Wildman–Crippen LogP) is 13.1. The molecular weight excluding hydrogens is 1020 g/mol. The number of hydrogen-bond acceptors (Lipinski definition) is 12. The van der Waals surface area contributed by atoms with Crippen molar-refractivity contribution in [2.24, 2.45) is 73.7 Å². The molecule has 2 aromatic rings. The predicted molar refractivity (Wildman–Crippen MR) is 310 cm³/mol. The van der Waals surface area contributed by atoms with Crippen LogP contribution in [-0.2, 0) is 65.4 Å². The molecule has 5 heterocycles. The van der Waals surface area contributed by atoms with Crippen LogP contribution >= 0.6 is 0 Å². The van der Waals surface area contributed by atoms with Gasteiger partial charge in [0.25, 0.3) is 5.79 Å². The Morgan fingerprint density at radius 3 is 2.04 bits per heavy atom. The van der Waals surface area contributed by atoms with E-state index in [-0.39, 0.29) is 76.3 Å². The van der Waals surface area contributed by atoms with E-state index in [1.54, 1.807) is 0 Å². The molecule has 12 rings (SSSR count). The lowest BCUT2D eigenvalue weighted by atomic mass is 9.33. The molecule has 5 aliphatic carbocycles. The first-order valence-electron chi connectivity index (χ1n) is 31.9. The minimum Gasteiger partial charge on any atom is -0.427 e. The topological polar surface area (TPSA) is 135 Å². The third-order valence-electron chi connectivity index (χ3n) is 24.8. The number of benzene rings is 2. The van der Waals surface area contributed by atoms with Crippen molar-refractivity contribution in [3.63, 3.8) is 0 Å². The van der Waals surface area contributed by atoms with Crippen LogP contribution in [0.5, 0.6) is 0 Å². The molecule has 9 fully saturated rings. The summed E-state index contributed by atoms with van der Waals surface area (Å²) >= 11 is 0. The summed E-state index contributed by atoms with van der Waals surface area (Å²) in [5, 5.41) is 0. The zero-order valence-corrected chi connectivity index (χ0v) is 51.7. The zero-order chi connectivity index (χ0) is 57.5. The second kappa shape index (κ2) is 21.0. The molecule has 0 amide bonds. The first-order chi connectivity index (χ1) is 38.3. The number of hydrogen-bond donors (Lipinski definition) is 1. The number of nitrogens with two attached hydrogens (primary N) is 1. The van der Waals surface area contributed by atoms with E-state index in [0.29, 0.717) is 36.9 Å². The fraction of sp³-hybridized carbons (Fsp3) is 0.783. The summed E-state index contributed by atoms with van der Waals surface area (Å²) in [6.07, 6.45) is 7.53. The molecule has 10 aliphatic rings. The number of esters is 1. The van der Waals surface area contributed by atoms with Gasteiger partial charge in [0.15, 0.2) is 24.3 Å². The second-order valence-electron chi connectivity index (χ2n) is 30.4. The van der Waals surface area contributed by atoms with Gasteiger partial charge in [-0.3, -0.25) is 4.79 Å². The molecule has 0 bridgehead atoms. The molecule has 12 heteroatoms. The maximum Gasteiger partial charge on any atom is 0.315 e. The SMILES string of the molecule is CC[C@@H]1O[C@@H]2C(OC2(OC(=O)C23CCC(C)(C)CC2C2=CCC4C5(C)CC[C@H](C)C(C)(C)[C@@H]5CC[C@]4(C)[C@]2(C)CC3)[C@@H]2O[C@H](C)C(O[C@@H]3OCC(OCc4ccccc4)C(OCc4ccccc4)C3C)C3OC(C)(C)OC32)C(C)C1N. The number of ether oxygens (including phenoxy) is 10. The molecule has 14 unspecified atom stereocenters. The molecule has 23 atom stereocenters. The summed E-state index contributed by atoms with van der Waals surface area (Å²) in [6, 6.07) is 20.2. The Morgan fingerprint density at radius 1 is 0.691 bits per heavy atom. The van der Waals surface area contributed by atoms with Crippen LogP contribution in [0, 0.1) is 68.0 Å². The average Bonchev–Trinajstić information content (AvgIpc) is 2.80. The van der Waals surface area contributed by atoms with Crippen molar-refractivity contribution in [2.75, 3.05) is 6.61 Å². The third-order valence-corrected chi connectivity index (χ3v) is 24.8. The van der Waals surface area contributed by atoms with Gasteiger partial charge in [-0.15, -0.1) is 0 Å². The maximum absolute atomic E-state index is 16.5. The third kappa shape index (κ3) is 9.44. The zero-order valence-electron chi connectivity index (χ0n) is 51.7. The normalized spacial score (nSPS) is 48.3. The Labute approximate surface area is 485 Å². The molecule has 448 valence electrons. The van der Waals surface area contributed by atoms with Crippen LogP contribution < -0.4 is 5.73 Å². The average molecular weight is 1120 g/mol. The van der Waals surface area contributed by atoms with E-state index in [2.05, 4.69) is 107 Å². The molecule has 4 saturated carbocycles. The lowest BCUT2D eigenvalue weighted by Gasteiger charge is -2.71. The van der Waals surface area contributed by atoms with Crippen LogP contribution in [0.3, 0.4) is 0 Å². The number of rotatable bonds is 12. The van der Waals surface area contributed by atoms with E-state index in [0.717, 1.165) is 55.6 Å². The van der Waals surface area contributed by atoms with Gasteiger partial charge in [-0.25, -0.2) is 0 Å². The smallest absolute Gasteiger partial charge is 0.315 e. The van der Waals surface area contributed by atoms with Crippen molar-refractivity contribution in [3.05, 3.63) is 83.4 Å². The van der Waals surface area contributed by atoms with Gasteiger partial charge in [0.05, 0.1) is 49.7 Å². The fourth-order valence-electron chi connectivity index (χ4n) is 19.3. The van der Waals surface area contributed by atoms with E-state index in [1.165, 1.54) is 31.3 Å². The second-order valence-corrected chi connectivity index (χ2v) is 30.4. The molecule has 81 heavy (non-hydrogen) atoms. The van der Waals surface area contributed by atoms with Crippen LogP contribution in [0.4, 0.5) is 0 Å². The Balaban J connectivity index is 0.852. The lowest BCUT2D eigenvalue weighted by molar-refractivity contribution is -0.464. The summed E-state index contributed by atoms with van der Waals surface area (Å²) in [7, 11) is 0. The van der Waals surface area contributed by atoms with Crippen molar-refractivity contribution >= 4 is 5.97 Å². The largest absolute Gasteiger partial charge is 0.427 e. The molecule has 5 aliphatic heterocycles. The Morgan fingerprint density at radius 2 is 1.35 bits per heavy atom. The van der Waals surface area contributed by atoms with E-state index < -0.39 is 66.0 Å². The van der Waals surface area contributed by atoms with Gasteiger partial charge in [-0.1, -0.05) is 148 Å². The summed E-state index contributed by atoms with van der Waals surface area (Å²) in [5.74, 6) is -1.18. The highest BCUT2D eigenvalue weighted by molar-refractivity contribution is 5.79. The van der Waals surface area contributed by atoms with Gasteiger partial charge in [-0.2, -0.15) is 0 Å². The summed E-state index contributed by atoms with van der Waals surface area (Å²) in [4.78, 5) is 16.5. The Bertz CT molecular complexity index is 2630. The van der Waals surface area contributed by atoms with Gasteiger partial charge in [-0.05, 0) is 153 Å². The minimum atomic E-state index is -1.66. The van der Waals surface area contributed by atoms with Crippen LogP contribution in [0.2, 0.25) is 0 Å². The van der Waals surface area contributed by atoms with Gasteiger partial charge in [0.2, 0.25) is 0 Å². The maximum atomic E-state index is 16.5. The number of fused-ring (bicyclic) bond motifs is 9. The number of carbonyl (C=O) groups is 1. The van der Waals surface area contributed by atoms with Crippen LogP contribution in [0.25, 0.3) is 0 Å². The van der Waals surface area contributed by atoms with Crippen molar-refractivity contribution in [2.45, 2.75) is 266 Å². The highest BCUT2D eigenvalue weighted by Gasteiger charge is 2.76. The summed E-state index contributed by atoms with van der Waals surface area (Å²) in [5.41, 5.74) is 10.6. The monoisotopic (exact) mass is 1120 g/mol. The van der Waals surface area contributed by atoms with Crippen molar-refractivity contribution in [3.8, 4) is 0 Å². The summed E-state index contributed by atoms with van der Waals surface area (Å²) in [6.45, 7) is 33.7. The van der Waals surface area contributed by atoms with Crippen LogP contribution in [-0.4, -0.2) is 97.5 Å². The molecule has 2 N–H and O–H groups in total. The lowest BCUT2D eigenvalue weighted by Crippen LogP contribution is -2.82. The van der Waals surface area contributed by atoms with E-state index in [4.69, 9.17) is 53.1 Å². The highest BCUT2D eigenvalue weighted by Crippen LogP contribution is 2.76. The van der Waals surface area contributed by atoms with Gasteiger partial charge < -0.3 is 53.1 Å². The molecule has 5 saturated heterocycles. The van der Waals surface area contributed by atoms with Gasteiger partial charge in [0, 0.05) is 17.9 Å². The van der Waals surface area contributed by atoms with Gasteiger partial charge >= 0.3 is 5.97 Å². The Hall–Kier alpha value is -2.75. The standard InChI is InChI=1S/C69H101NO11/c1-15-48-52(70)41(3)54-58(76-48)69(80-54,81-61(71)68-34-32-62(6,7)36-47(68)46-26-27-51-65(12)30-28-40(2)63(8,9)50(65)29-31-67(51,14)66(46,13)33-35-68)59-57-56(78-64(10,11)79-57)55(43(5)75-59)77-60-42(4)53(73-38-45-24-20-17-21-25-45)49(39-74-60)72-37-44-22-18-16-19-23-44/h16-26,40-43,47-60H,15,27-39,70H2,1-14H3/t40-,41?,42?,43+,47?,48-,49?,50-,51?,52?,53?,54?,55?,56?,57?,58+,59+,60-,65?,66+,67-,68?,69?/m0/s1. The van der Waals surface area contributed by atoms with E-state index in [9.17, 15) is 0 Å². The Kier molecular flexibility index (Phi) is 15.2. The number of carbonyl (C=O) groups excluding carboxylic acids is 1. The van der Waals surface area contributed by atoms with Crippen molar-refractivity contribution in [1.29, 1.82) is 0 Å². The summed E-state index contributed by atoms with van der Waals surface area (Å²) < 4.78 is 70.4. The molecular formula is C69H101NO11. The van der Waals surface area contributed by atoms with E-state index >= 15 is 4.79 Å². The highest BCUT2D eigenvalue weighted by atomic mass is 16.8. The van der Waals surface area contributed by atoms with Crippen LogP contribution in [0.1, 0.15) is 179 Å². The minimum absolute atomic E-state index is 0.0256. The molecule has 0 spiro atoms. The van der Waals surface area contributed by atoms with Crippen molar-refractivity contribution in [1.82, 2.24) is 0 Å². The first kappa shape index (κ1) is 58.6. The molecule has 0 radical (unpaired) electrons.